The van der Waals surface area contributed by atoms with Gasteiger partial charge in [0.05, 0.1) is 18.9 Å². The molecule has 1 aromatic carbocycles. The topological polar surface area (TPSA) is 68.9 Å². The lowest BCUT2D eigenvalue weighted by Gasteiger charge is -2.13. The fourth-order valence-corrected chi connectivity index (χ4v) is 1.49. The average Bonchev–Trinajstić information content (AvgIpc) is 2.33. The third-order valence-corrected chi connectivity index (χ3v) is 2.15. The van der Waals surface area contributed by atoms with E-state index in [9.17, 15) is 0 Å². The molecule has 5 heteroatoms. The van der Waals surface area contributed by atoms with Crippen LogP contribution in [0.25, 0.3) is 0 Å². The third-order valence-electron chi connectivity index (χ3n) is 2.15. The number of aliphatic imine (C=N–C) groups is 1. The van der Waals surface area contributed by atoms with Crippen LogP contribution < -0.4 is 20.5 Å². The van der Waals surface area contributed by atoms with Crippen molar-refractivity contribution < 1.29 is 9.47 Å². The summed E-state index contributed by atoms with van der Waals surface area (Å²) in [5.41, 5.74) is 6.51. The van der Waals surface area contributed by atoms with E-state index in [-0.39, 0.29) is 0 Å². The van der Waals surface area contributed by atoms with Gasteiger partial charge in [-0.3, -0.25) is 4.99 Å². The number of ether oxygens (including phenoxy) is 2. The third kappa shape index (κ3) is 4.16. The molecule has 0 amide bonds. The monoisotopic (exact) mass is 251 g/mol. The van der Waals surface area contributed by atoms with Crippen molar-refractivity contribution in [1.82, 2.24) is 0 Å². The number of nitrogens with two attached hydrogens (primary N) is 1. The summed E-state index contributed by atoms with van der Waals surface area (Å²) in [7, 11) is 0. The largest absolute Gasteiger partial charge is 0.494 e. The van der Waals surface area contributed by atoms with Gasteiger partial charge in [0.2, 0.25) is 0 Å². The van der Waals surface area contributed by atoms with Gasteiger partial charge in [-0.05, 0) is 32.9 Å². The zero-order valence-electron chi connectivity index (χ0n) is 11.2. The minimum atomic E-state index is 0.368. The van der Waals surface area contributed by atoms with E-state index in [1.165, 1.54) is 0 Å². The highest BCUT2D eigenvalue weighted by molar-refractivity contribution is 5.93. The van der Waals surface area contributed by atoms with E-state index >= 15 is 0 Å². The predicted octanol–water partition coefficient (Wildman–Crippen LogP) is 2.23. The molecule has 0 aliphatic heterocycles. The van der Waals surface area contributed by atoms with Gasteiger partial charge in [0.15, 0.2) is 5.96 Å². The zero-order valence-corrected chi connectivity index (χ0v) is 11.2. The van der Waals surface area contributed by atoms with Crippen molar-refractivity contribution >= 4 is 11.6 Å². The molecule has 18 heavy (non-hydrogen) atoms. The van der Waals surface area contributed by atoms with Gasteiger partial charge in [-0.1, -0.05) is 0 Å². The first-order valence-electron chi connectivity index (χ1n) is 6.17. The number of guanidine groups is 1. The van der Waals surface area contributed by atoms with E-state index in [1.54, 1.807) is 0 Å². The molecular formula is C13H21N3O2. The smallest absolute Gasteiger partial charge is 0.193 e. The van der Waals surface area contributed by atoms with Crippen molar-refractivity contribution in [1.29, 1.82) is 0 Å². The van der Waals surface area contributed by atoms with Crippen molar-refractivity contribution in [2.24, 2.45) is 10.7 Å². The van der Waals surface area contributed by atoms with Crippen LogP contribution in [0.4, 0.5) is 5.69 Å². The van der Waals surface area contributed by atoms with Crippen molar-refractivity contribution in [3.05, 3.63) is 18.2 Å². The maximum Gasteiger partial charge on any atom is 0.193 e. The first-order valence-corrected chi connectivity index (χ1v) is 6.17. The Bertz CT molecular complexity index is 405. The molecule has 0 heterocycles. The molecular weight excluding hydrogens is 230 g/mol. The zero-order chi connectivity index (χ0) is 13.4. The van der Waals surface area contributed by atoms with E-state index in [4.69, 9.17) is 15.2 Å². The highest BCUT2D eigenvalue weighted by Crippen LogP contribution is 2.29. The Balaban J connectivity index is 2.95. The molecule has 3 N–H and O–H groups in total. The number of hydrogen-bond donors (Lipinski definition) is 2. The van der Waals surface area contributed by atoms with Gasteiger partial charge in [-0.25, -0.2) is 0 Å². The summed E-state index contributed by atoms with van der Waals surface area (Å²) < 4.78 is 11.0. The second-order valence-corrected chi connectivity index (χ2v) is 3.51. The molecule has 100 valence electrons. The molecule has 0 radical (unpaired) electrons. The molecule has 1 rings (SSSR count). The number of nitrogens with zero attached hydrogens (tertiary/aromatic N) is 1. The number of rotatable bonds is 6. The number of hydrogen-bond acceptors (Lipinski definition) is 3. The Morgan fingerprint density at radius 2 is 1.94 bits per heavy atom. The number of nitrogens with one attached hydrogen (secondary N) is 1. The van der Waals surface area contributed by atoms with E-state index in [2.05, 4.69) is 10.3 Å². The van der Waals surface area contributed by atoms with Crippen LogP contribution in [0.5, 0.6) is 11.5 Å². The van der Waals surface area contributed by atoms with E-state index in [1.807, 2.05) is 39.0 Å². The number of anilines is 1. The number of benzene rings is 1. The molecule has 1 aromatic rings. The molecule has 5 nitrogen and oxygen atoms in total. The molecule has 0 aromatic heterocycles. The van der Waals surface area contributed by atoms with Crippen LogP contribution in [-0.4, -0.2) is 25.7 Å². The van der Waals surface area contributed by atoms with Crippen LogP contribution in [0.1, 0.15) is 20.8 Å². The summed E-state index contributed by atoms with van der Waals surface area (Å²) in [5.74, 6) is 1.87. The van der Waals surface area contributed by atoms with Gasteiger partial charge in [0.25, 0.3) is 0 Å². The molecule has 0 fully saturated rings. The molecule has 0 aliphatic carbocycles. The van der Waals surface area contributed by atoms with Crippen LogP contribution in [0.3, 0.4) is 0 Å². The van der Waals surface area contributed by atoms with Crippen molar-refractivity contribution in [2.45, 2.75) is 20.8 Å². The lowest BCUT2D eigenvalue weighted by Crippen LogP contribution is -2.23. The second-order valence-electron chi connectivity index (χ2n) is 3.51. The van der Waals surface area contributed by atoms with E-state index in [0.717, 1.165) is 17.2 Å². The maximum atomic E-state index is 5.75. The average molecular weight is 251 g/mol. The van der Waals surface area contributed by atoms with Crippen LogP contribution in [-0.2, 0) is 0 Å². The summed E-state index contributed by atoms with van der Waals surface area (Å²) in [6.45, 7) is 7.64. The first-order chi connectivity index (χ1) is 8.71. The van der Waals surface area contributed by atoms with Gasteiger partial charge in [0.1, 0.15) is 11.5 Å². The highest BCUT2D eigenvalue weighted by atomic mass is 16.5. The normalized spacial score (nSPS) is 11.2. The van der Waals surface area contributed by atoms with E-state index < -0.39 is 0 Å². The SMILES string of the molecule is CCN=C(N)Nc1cc(OCC)ccc1OCC. The van der Waals surface area contributed by atoms with Gasteiger partial charge in [0, 0.05) is 12.6 Å². The van der Waals surface area contributed by atoms with Gasteiger partial charge in [-0.2, -0.15) is 0 Å². The molecule has 0 saturated heterocycles. The lowest BCUT2D eigenvalue weighted by atomic mass is 10.2. The second kappa shape index (κ2) is 7.42. The lowest BCUT2D eigenvalue weighted by molar-refractivity contribution is 0.332. The summed E-state index contributed by atoms with van der Waals surface area (Å²) in [6.07, 6.45) is 0. The molecule has 0 spiro atoms. The summed E-state index contributed by atoms with van der Waals surface area (Å²) in [6, 6.07) is 5.58. The summed E-state index contributed by atoms with van der Waals surface area (Å²) >= 11 is 0. The van der Waals surface area contributed by atoms with Gasteiger partial charge in [-0.15, -0.1) is 0 Å². The highest BCUT2D eigenvalue weighted by Gasteiger charge is 2.06. The van der Waals surface area contributed by atoms with Crippen molar-refractivity contribution in [2.75, 3.05) is 25.1 Å². The first kappa shape index (κ1) is 14.2. The van der Waals surface area contributed by atoms with Crippen LogP contribution in [0.2, 0.25) is 0 Å². The standard InChI is InChI=1S/C13H21N3O2/c1-4-15-13(14)16-11-9-10(17-5-2)7-8-12(11)18-6-3/h7-9H,4-6H2,1-3H3,(H3,14,15,16). The fourth-order valence-electron chi connectivity index (χ4n) is 1.49. The Morgan fingerprint density at radius 1 is 1.22 bits per heavy atom. The van der Waals surface area contributed by atoms with Gasteiger partial charge >= 0.3 is 0 Å². The van der Waals surface area contributed by atoms with E-state index in [0.29, 0.717) is 25.7 Å². The summed E-state index contributed by atoms with van der Waals surface area (Å²) in [5, 5.41) is 3.02. The fraction of sp³-hybridized carbons (Fsp3) is 0.462. The minimum absolute atomic E-state index is 0.368. The van der Waals surface area contributed by atoms with Gasteiger partial charge < -0.3 is 20.5 Å². The van der Waals surface area contributed by atoms with Crippen LogP contribution >= 0.6 is 0 Å². The van der Waals surface area contributed by atoms with Crippen LogP contribution in [0, 0.1) is 0 Å². The van der Waals surface area contributed by atoms with Crippen molar-refractivity contribution in [3.63, 3.8) is 0 Å². The molecule has 0 bridgehead atoms. The molecule has 0 unspecified atom stereocenters. The minimum Gasteiger partial charge on any atom is -0.494 e. The molecule has 0 atom stereocenters. The Labute approximate surface area is 108 Å². The van der Waals surface area contributed by atoms with Crippen molar-refractivity contribution in [3.8, 4) is 11.5 Å². The Kier molecular flexibility index (Phi) is 5.84. The maximum absolute atomic E-state index is 5.75. The Hall–Kier alpha value is -1.91. The Morgan fingerprint density at radius 3 is 2.56 bits per heavy atom. The van der Waals surface area contributed by atoms with Crippen LogP contribution in [0.15, 0.2) is 23.2 Å². The quantitative estimate of drug-likeness (QED) is 0.601. The molecule has 0 saturated carbocycles. The summed E-state index contributed by atoms with van der Waals surface area (Å²) in [4.78, 5) is 4.08. The molecule has 0 aliphatic rings. The predicted molar refractivity (Wildman–Crippen MR) is 74.6 cm³/mol.